The molecule has 0 aromatic carbocycles. The lowest BCUT2D eigenvalue weighted by molar-refractivity contribution is 0.192. The average Bonchev–Trinajstić information content (AvgIpc) is 3.21. The normalized spacial score (nSPS) is 12.4. The number of nitrogens with zero attached hydrogens (tertiary/aromatic N) is 7. The summed E-state index contributed by atoms with van der Waals surface area (Å²) in [5.41, 5.74) is 2.38. The summed E-state index contributed by atoms with van der Waals surface area (Å²) >= 11 is 0. The van der Waals surface area contributed by atoms with E-state index in [4.69, 9.17) is 0 Å². The van der Waals surface area contributed by atoms with Crippen molar-refractivity contribution in [1.29, 1.82) is 0 Å². The highest BCUT2D eigenvalue weighted by atomic mass is 16.3. The van der Waals surface area contributed by atoms with Gasteiger partial charge in [-0.25, -0.2) is 9.97 Å². The Morgan fingerprint density at radius 3 is 2.85 bits per heavy atom. The van der Waals surface area contributed by atoms with E-state index in [0.717, 1.165) is 22.9 Å². The molecule has 132 valence electrons. The Labute approximate surface area is 149 Å². The lowest BCUT2D eigenvalue weighted by atomic mass is 10.2. The van der Waals surface area contributed by atoms with E-state index in [9.17, 15) is 5.11 Å². The quantitative estimate of drug-likeness (QED) is 0.563. The van der Waals surface area contributed by atoms with Crippen molar-refractivity contribution in [3.05, 3.63) is 48.7 Å². The van der Waals surface area contributed by atoms with Gasteiger partial charge in [0.05, 0.1) is 18.0 Å². The van der Waals surface area contributed by atoms with Gasteiger partial charge in [-0.3, -0.25) is 9.08 Å². The average molecular weight is 350 g/mol. The molecule has 0 aliphatic carbocycles. The van der Waals surface area contributed by atoms with Gasteiger partial charge in [0, 0.05) is 37.5 Å². The van der Waals surface area contributed by atoms with E-state index in [0.29, 0.717) is 18.0 Å². The Bertz CT molecular complexity index is 1050. The minimum absolute atomic E-state index is 0.451. The Kier molecular flexibility index (Phi) is 4.05. The number of pyridine rings is 1. The van der Waals surface area contributed by atoms with Crippen molar-refractivity contribution in [2.24, 2.45) is 7.05 Å². The first kappa shape index (κ1) is 16.2. The second-order valence-electron chi connectivity index (χ2n) is 6.04. The Hall–Kier alpha value is -3.33. The van der Waals surface area contributed by atoms with Gasteiger partial charge in [0.15, 0.2) is 5.65 Å². The number of aryl methyl sites for hydroxylation is 1. The molecule has 1 unspecified atom stereocenters. The number of aliphatic hydroxyl groups excluding tert-OH is 1. The SMILES string of the molecule is CC(O)Cc1nnc2cc(-c3ccnc(Nc4ccnn4C)n3)ccn12. The van der Waals surface area contributed by atoms with Gasteiger partial charge in [-0.1, -0.05) is 0 Å². The first-order chi connectivity index (χ1) is 12.6. The van der Waals surface area contributed by atoms with Crippen LogP contribution in [-0.4, -0.2) is 45.6 Å². The molecule has 9 heteroatoms. The third kappa shape index (κ3) is 3.11. The number of nitrogens with one attached hydrogen (secondary N) is 1. The molecule has 0 aliphatic rings. The Balaban J connectivity index is 1.65. The number of hydrogen-bond acceptors (Lipinski definition) is 7. The molecule has 0 bridgehead atoms. The Morgan fingerprint density at radius 2 is 2.08 bits per heavy atom. The minimum atomic E-state index is -0.468. The first-order valence-corrected chi connectivity index (χ1v) is 8.20. The second-order valence-corrected chi connectivity index (χ2v) is 6.04. The van der Waals surface area contributed by atoms with E-state index in [-0.39, 0.29) is 0 Å². The van der Waals surface area contributed by atoms with E-state index in [2.05, 4.69) is 30.6 Å². The van der Waals surface area contributed by atoms with Crippen molar-refractivity contribution in [1.82, 2.24) is 34.3 Å². The molecule has 4 heterocycles. The van der Waals surface area contributed by atoms with Crippen LogP contribution in [0.2, 0.25) is 0 Å². The van der Waals surface area contributed by atoms with E-state index < -0.39 is 6.10 Å². The molecule has 0 spiro atoms. The molecule has 2 N–H and O–H groups in total. The van der Waals surface area contributed by atoms with Crippen molar-refractivity contribution >= 4 is 17.4 Å². The fourth-order valence-electron chi connectivity index (χ4n) is 2.69. The molecule has 4 aromatic rings. The van der Waals surface area contributed by atoms with E-state index in [1.54, 1.807) is 24.0 Å². The van der Waals surface area contributed by atoms with Crippen LogP contribution in [0.15, 0.2) is 42.9 Å². The summed E-state index contributed by atoms with van der Waals surface area (Å²) in [6.07, 6.45) is 5.28. The van der Waals surface area contributed by atoms with Gasteiger partial charge in [-0.2, -0.15) is 5.10 Å². The van der Waals surface area contributed by atoms with Crippen molar-refractivity contribution < 1.29 is 5.11 Å². The molecule has 0 aliphatic heterocycles. The summed E-state index contributed by atoms with van der Waals surface area (Å²) in [6, 6.07) is 7.54. The van der Waals surface area contributed by atoms with Crippen molar-refractivity contribution in [2.75, 3.05) is 5.32 Å². The highest BCUT2D eigenvalue weighted by Crippen LogP contribution is 2.21. The predicted octanol–water partition coefficient (Wildman–Crippen LogP) is 1.59. The van der Waals surface area contributed by atoms with Crippen LogP contribution >= 0.6 is 0 Å². The van der Waals surface area contributed by atoms with Crippen LogP contribution < -0.4 is 5.32 Å². The summed E-state index contributed by atoms with van der Waals surface area (Å²) in [6.45, 7) is 1.73. The summed E-state index contributed by atoms with van der Waals surface area (Å²) in [5, 5.41) is 25.1. The largest absolute Gasteiger partial charge is 0.393 e. The zero-order valence-corrected chi connectivity index (χ0v) is 14.4. The standard InChI is InChI=1S/C17H18N8O/c1-11(26)9-15-22-23-16-10-12(5-8-25(15)16)13-3-6-18-17(20-13)21-14-4-7-19-24(14)2/h3-8,10-11,26H,9H2,1-2H3,(H,18,20,21). The summed E-state index contributed by atoms with van der Waals surface area (Å²) < 4.78 is 3.58. The zero-order chi connectivity index (χ0) is 18.1. The maximum absolute atomic E-state index is 9.56. The predicted molar refractivity (Wildman–Crippen MR) is 95.9 cm³/mol. The molecule has 0 saturated heterocycles. The molecule has 0 amide bonds. The van der Waals surface area contributed by atoms with Crippen LogP contribution in [0, 0.1) is 0 Å². The van der Waals surface area contributed by atoms with Crippen LogP contribution in [-0.2, 0) is 13.5 Å². The van der Waals surface area contributed by atoms with Crippen molar-refractivity contribution in [3.63, 3.8) is 0 Å². The van der Waals surface area contributed by atoms with Crippen LogP contribution in [0.1, 0.15) is 12.7 Å². The number of hydrogen-bond donors (Lipinski definition) is 2. The van der Waals surface area contributed by atoms with Gasteiger partial charge in [0.25, 0.3) is 0 Å². The van der Waals surface area contributed by atoms with Gasteiger partial charge in [0.2, 0.25) is 5.95 Å². The van der Waals surface area contributed by atoms with Gasteiger partial charge >= 0.3 is 0 Å². The zero-order valence-electron chi connectivity index (χ0n) is 14.4. The minimum Gasteiger partial charge on any atom is -0.393 e. The van der Waals surface area contributed by atoms with Gasteiger partial charge < -0.3 is 10.4 Å². The fraction of sp³-hybridized carbons (Fsp3) is 0.235. The maximum Gasteiger partial charge on any atom is 0.228 e. The highest BCUT2D eigenvalue weighted by molar-refractivity contribution is 5.65. The molecule has 9 nitrogen and oxygen atoms in total. The smallest absolute Gasteiger partial charge is 0.228 e. The highest BCUT2D eigenvalue weighted by Gasteiger charge is 2.10. The summed E-state index contributed by atoms with van der Waals surface area (Å²) in [7, 11) is 1.84. The lowest BCUT2D eigenvalue weighted by Gasteiger charge is -2.07. The van der Waals surface area contributed by atoms with Crippen LogP contribution in [0.5, 0.6) is 0 Å². The Morgan fingerprint density at radius 1 is 1.19 bits per heavy atom. The van der Waals surface area contributed by atoms with Crippen molar-refractivity contribution in [3.8, 4) is 11.3 Å². The lowest BCUT2D eigenvalue weighted by Crippen LogP contribution is -2.07. The van der Waals surface area contributed by atoms with E-state index >= 15 is 0 Å². The van der Waals surface area contributed by atoms with E-state index in [1.165, 1.54) is 0 Å². The number of aliphatic hydroxyl groups is 1. The third-order valence-corrected chi connectivity index (χ3v) is 3.97. The van der Waals surface area contributed by atoms with E-state index in [1.807, 2.05) is 41.9 Å². The molecule has 0 radical (unpaired) electrons. The van der Waals surface area contributed by atoms with Crippen LogP contribution in [0.3, 0.4) is 0 Å². The summed E-state index contributed by atoms with van der Waals surface area (Å²) in [5.74, 6) is 2.02. The molecule has 4 aromatic heterocycles. The number of rotatable bonds is 5. The first-order valence-electron chi connectivity index (χ1n) is 8.20. The number of fused-ring (bicyclic) bond motifs is 1. The molecule has 0 fully saturated rings. The van der Waals surface area contributed by atoms with Crippen molar-refractivity contribution in [2.45, 2.75) is 19.4 Å². The molecule has 1 atom stereocenters. The molecule has 0 saturated carbocycles. The maximum atomic E-state index is 9.56. The third-order valence-electron chi connectivity index (χ3n) is 3.97. The molecular weight excluding hydrogens is 332 g/mol. The molecule has 26 heavy (non-hydrogen) atoms. The summed E-state index contributed by atoms with van der Waals surface area (Å²) in [4.78, 5) is 8.82. The monoisotopic (exact) mass is 350 g/mol. The number of aromatic nitrogens is 7. The van der Waals surface area contributed by atoms with Gasteiger partial charge in [0.1, 0.15) is 11.6 Å². The van der Waals surface area contributed by atoms with Gasteiger partial charge in [-0.05, 0) is 25.1 Å². The fourth-order valence-corrected chi connectivity index (χ4v) is 2.69. The molecule has 4 rings (SSSR count). The second kappa shape index (κ2) is 6.52. The van der Waals surface area contributed by atoms with Crippen LogP contribution in [0.25, 0.3) is 16.9 Å². The van der Waals surface area contributed by atoms with Crippen LogP contribution in [0.4, 0.5) is 11.8 Å². The van der Waals surface area contributed by atoms with Gasteiger partial charge in [-0.15, -0.1) is 10.2 Å². The number of anilines is 2. The molecular formula is C17H18N8O. The topological polar surface area (TPSA) is 106 Å².